The van der Waals surface area contributed by atoms with Gasteiger partial charge in [-0.25, -0.2) is 0 Å². The predicted molar refractivity (Wildman–Crippen MR) is 148 cm³/mol. The summed E-state index contributed by atoms with van der Waals surface area (Å²) >= 11 is 2.08. The molecule has 180 valence electrons. The molecule has 1 aromatic carbocycles. The van der Waals surface area contributed by atoms with Crippen LogP contribution in [0.4, 0.5) is 0 Å². The van der Waals surface area contributed by atoms with E-state index in [0.717, 1.165) is 37.6 Å². The summed E-state index contributed by atoms with van der Waals surface area (Å²) in [6.45, 7) is 7.03. The molecule has 0 spiro atoms. The lowest BCUT2D eigenvalue weighted by Gasteiger charge is -2.47. The highest BCUT2D eigenvalue weighted by atomic mass is 127. The van der Waals surface area contributed by atoms with Crippen LogP contribution in [-0.2, 0) is 6.42 Å². The zero-order valence-corrected chi connectivity index (χ0v) is 22.8. The third kappa shape index (κ3) is 7.80. The lowest BCUT2D eigenvalue weighted by Crippen LogP contribution is -2.55. The molecule has 3 rings (SSSR count). The number of benzene rings is 1. The van der Waals surface area contributed by atoms with Crippen LogP contribution in [0.2, 0.25) is 0 Å². The Kier molecular flexibility index (Phi) is 12.2. The van der Waals surface area contributed by atoms with E-state index in [1.54, 1.807) is 7.05 Å². The highest BCUT2D eigenvalue weighted by Crippen LogP contribution is 2.35. The number of aliphatic imine (C=N–C) groups is 1. The standard InChI is InChI=1S/C24H39N5OS.HI/c1-3-26-23(27-13-10-20-8-7-9-21(18-20)22(30)25-2)28-19-24(11-5-4-6-12-24)29-14-16-31-17-15-29;/h7-9,18H,3-6,10-17,19H2,1-2H3,(H,25,30)(H2,26,27,28);1H. The molecule has 1 saturated heterocycles. The molecule has 6 nitrogen and oxygen atoms in total. The summed E-state index contributed by atoms with van der Waals surface area (Å²) in [4.78, 5) is 19.7. The molecule has 1 saturated carbocycles. The largest absolute Gasteiger partial charge is 0.357 e. The summed E-state index contributed by atoms with van der Waals surface area (Å²) in [5.74, 6) is 3.36. The fourth-order valence-corrected chi connectivity index (χ4v) is 5.63. The topological polar surface area (TPSA) is 68.8 Å². The van der Waals surface area contributed by atoms with Crippen LogP contribution in [0.15, 0.2) is 29.3 Å². The minimum atomic E-state index is -0.0430. The van der Waals surface area contributed by atoms with Crippen molar-refractivity contribution >= 4 is 47.6 Å². The number of halogens is 1. The van der Waals surface area contributed by atoms with Gasteiger partial charge in [-0.05, 0) is 43.9 Å². The van der Waals surface area contributed by atoms with E-state index in [-0.39, 0.29) is 35.4 Å². The predicted octanol–water partition coefficient (Wildman–Crippen LogP) is 3.51. The number of nitrogens with zero attached hydrogens (tertiary/aromatic N) is 2. The molecule has 2 fully saturated rings. The maximum atomic E-state index is 11.9. The Balaban J connectivity index is 0.00000363. The summed E-state index contributed by atoms with van der Waals surface area (Å²) in [7, 11) is 1.66. The van der Waals surface area contributed by atoms with Crippen LogP contribution in [0, 0.1) is 0 Å². The first kappa shape index (κ1) is 27.2. The fourth-order valence-electron chi connectivity index (χ4n) is 4.73. The van der Waals surface area contributed by atoms with Crippen LogP contribution in [0.5, 0.6) is 0 Å². The van der Waals surface area contributed by atoms with Gasteiger partial charge in [0.15, 0.2) is 5.96 Å². The minimum Gasteiger partial charge on any atom is -0.357 e. The average Bonchev–Trinajstić information content (AvgIpc) is 2.83. The van der Waals surface area contributed by atoms with E-state index in [4.69, 9.17) is 4.99 Å². The van der Waals surface area contributed by atoms with Gasteiger partial charge < -0.3 is 16.0 Å². The van der Waals surface area contributed by atoms with Crippen molar-refractivity contribution in [3.8, 4) is 0 Å². The zero-order chi connectivity index (χ0) is 21.9. The maximum absolute atomic E-state index is 11.9. The highest BCUT2D eigenvalue weighted by molar-refractivity contribution is 14.0. The fraction of sp³-hybridized carbons (Fsp3) is 0.667. The Morgan fingerprint density at radius 2 is 1.91 bits per heavy atom. The third-order valence-electron chi connectivity index (χ3n) is 6.46. The number of hydrogen-bond acceptors (Lipinski definition) is 4. The average molecular weight is 574 g/mol. The van der Waals surface area contributed by atoms with E-state index >= 15 is 0 Å². The van der Waals surface area contributed by atoms with Gasteiger partial charge in [-0.2, -0.15) is 11.8 Å². The molecule has 0 atom stereocenters. The number of rotatable bonds is 8. The first-order valence-electron chi connectivity index (χ1n) is 11.8. The lowest BCUT2D eigenvalue weighted by atomic mass is 9.80. The molecule has 1 heterocycles. The molecule has 3 N–H and O–H groups in total. The van der Waals surface area contributed by atoms with Gasteiger partial charge >= 0.3 is 0 Å². The number of guanidine groups is 1. The van der Waals surface area contributed by atoms with Crippen molar-refractivity contribution in [1.82, 2.24) is 20.9 Å². The number of carbonyl (C=O) groups excluding carboxylic acids is 1. The monoisotopic (exact) mass is 573 g/mol. The Morgan fingerprint density at radius 1 is 1.16 bits per heavy atom. The molecule has 0 bridgehead atoms. The van der Waals surface area contributed by atoms with Gasteiger partial charge in [-0.15, -0.1) is 24.0 Å². The zero-order valence-electron chi connectivity index (χ0n) is 19.6. The van der Waals surface area contributed by atoms with Crippen molar-refractivity contribution in [2.75, 3.05) is 51.3 Å². The van der Waals surface area contributed by atoms with Crippen molar-refractivity contribution in [2.45, 2.75) is 51.0 Å². The summed E-state index contributed by atoms with van der Waals surface area (Å²) in [5.41, 5.74) is 2.10. The second-order valence-electron chi connectivity index (χ2n) is 8.54. The van der Waals surface area contributed by atoms with Crippen molar-refractivity contribution in [2.24, 2.45) is 4.99 Å². The molecule has 32 heavy (non-hydrogen) atoms. The van der Waals surface area contributed by atoms with E-state index < -0.39 is 0 Å². The Hall–Kier alpha value is -1.00. The van der Waals surface area contributed by atoms with Gasteiger partial charge in [0.1, 0.15) is 0 Å². The van der Waals surface area contributed by atoms with Crippen LogP contribution in [0.1, 0.15) is 54.9 Å². The smallest absolute Gasteiger partial charge is 0.251 e. The molecule has 0 aromatic heterocycles. The highest BCUT2D eigenvalue weighted by Gasteiger charge is 2.38. The second-order valence-corrected chi connectivity index (χ2v) is 9.76. The van der Waals surface area contributed by atoms with Crippen molar-refractivity contribution in [3.05, 3.63) is 35.4 Å². The van der Waals surface area contributed by atoms with Crippen molar-refractivity contribution in [3.63, 3.8) is 0 Å². The van der Waals surface area contributed by atoms with E-state index in [1.165, 1.54) is 56.7 Å². The van der Waals surface area contributed by atoms with E-state index in [1.807, 2.05) is 18.2 Å². The summed E-state index contributed by atoms with van der Waals surface area (Å²) < 4.78 is 0. The van der Waals surface area contributed by atoms with Crippen LogP contribution in [-0.4, -0.2) is 73.6 Å². The molecular formula is C24H40IN5OS. The molecular weight excluding hydrogens is 533 g/mol. The molecule has 1 amide bonds. The number of thioether (sulfide) groups is 1. The second kappa shape index (κ2) is 14.3. The van der Waals surface area contributed by atoms with Crippen LogP contribution in [0.25, 0.3) is 0 Å². The molecule has 0 unspecified atom stereocenters. The van der Waals surface area contributed by atoms with Gasteiger partial charge in [0.2, 0.25) is 0 Å². The maximum Gasteiger partial charge on any atom is 0.251 e. The number of carbonyl (C=O) groups is 1. The van der Waals surface area contributed by atoms with Gasteiger partial charge in [0.05, 0.1) is 6.54 Å². The van der Waals surface area contributed by atoms with Gasteiger partial charge in [-0.3, -0.25) is 14.7 Å². The quantitative estimate of drug-likeness (QED) is 0.253. The number of hydrogen-bond donors (Lipinski definition) is 3. The molecule has 1 aromatic rings. The summed E-state index contributed by atoms with van der Waals surface area (Å²) in [6.07, 6.45) is 7.40. The first-order valence-corrected chi connectivity index (χ1v) is 13.0. The number of amides is 1. The minimum absolute atomic E-state index is 0. The van der Waals surface area contributed by atoms with Crippen molar-refractivity contribution < 1.29 is 4.79 Å². The summed E-state index contributed by atoms with van der Waals surface area (Å²) in [6, 6.07) is 7.84. The third-order valence-corrected chi connectivity index (χ3v) is 7.41. The first-order chi connectivity index (χ1) is 15.2. The SMILES string of the molecule is CCNC(=NCC1(N2CCSCC2)CCCCC1)NCCc1cccc(C(=O)NC)c1.I. The van der Waals surface area contributed by atoms with Crippen LogP contribution < -0.4 is 16.0 Å². The van der Waals surface area contributed by atoms with Gasteiger partial charge in [0, 0.05) is 55.8 Å². The Morgan fingerprint density at radius 3 is 2.59 bits per heavy atom. The molecule has 8 heteroatoms. The molecule has 1 aliphatic carbocycles. The molecule has 2 aliphatic rings. The van der Waals surface area contributed by atoms with E-state index in [0.29, 0.717) is 5.56 Å². The van der Waals surface area contributed by atoms with E-state index in [2.05, 4.69) is 45.6 Å². The van der Waals surface area contributed by atoms with Crippen molar-refractivity contribution in [1.29, 1.82) is 0 Å². The van der Waals surface area contributed by atoms with Crippen LogP contribution in [0.3, 0.4) is 0 Å². The van der Waals surface area contributed by atoms with E-state index in [9.17, 15) is 4.79 Å². The normalized spacial score (nSPS) is 19.0. The Bertz CT molecular complexity index is 733. The Labute approximate surface area is 215 Å². The van der Waals surface area contributed by atoms with Gasteiger partial charge in [-0.1, -0.05) is 31.4 Å². The molecule has 0 radical (unpaired) electrons. The van der Waals surface area contributed by atoms with Crippen LogP contribution >= 0.6 is 35.7 Å². The summed E-state index contributed by atoms with van der Waals surface area (Å²) in [5, 5.41) is 9.62. The lowest BCUT2D eigenvalue weighted by molar-refractivity contribution is 0.0672. The van der Waals surface area contributed by atoms with Gasteiger partial charge in [0.25, 0.3) is 5.91 Å². The molecule has 1 aliphatic heterocycles. The number of nitrogens with one attached hydrogen (secondary N) is 3.